The molecule has 0 spiro atoms. The lowest BCUT2D eigenvalue weighted by molar-refractivity contribution is -0.129. The molecule has 3 amide bonds. The van der Waals surface area contributed by atoms with Crippen LogP contribution in [0.4, 0.5) is 14.9 Å². The van der Waals surface area contributed by atoms with E-state index >= 15 is 0 Å². The maximum atomic E-state index is 14.3. The molecule has 0 aliphatic carbocycles. The van der Waals surface area contributed by atoms with E-state index in [0.717, 1.165) is 25.9 Å². The number of piperazine rings is 1. The number of carbonyl (C=O) groups is 3. The first-order chi connectivity index (χ1) is 13.0. The van der Waals surface area contributed by atoms with E-state index < -0.39 is 5.82 Å². The molecule has 1 aromatic rings. The number of Topliss-reactive ketones (excluding diaryl/α,β-unsaturated/α-hetero) is 1. The number of likely N-dealkylation sites (tertiary alicyclic amines) is 1. The molecule has 0 radical (unpaired) electrons. The zero-order valence-corrected chi connectivity index (χ0v) is 15.5. The SMILES string of the molecule is CC(=O)c1ccc(N2CCN(C(=O)NCC(=O)N3CCCC3)CC2)c(F)c1. The molecule has 0 unspecified atom stereocenters. The van der Waals surface area contributed by atoms with Crippen molar-refractivity contribution >= 4 is 23.4 Å². The number of ketones is 1. The Balaban J connectivity index is 1.49. The van der Waals surface area contributed by atoms with Crippen LogP contribution >= 0.6 is 0 Å². The number of nitrogens with one attached hydrogen (secondary N) is 1. The Hall–Kier alpha value is -2.64. The van der Waals surface area contributed by atoms with Crippen molar-refractivity contribution in [1.29, 1.82) is 0 Å². The maximum Gasteiger partial charge on any atom is 0.317 e. The van der Waals surface area contributed by atoms with Crippen LogP contribution in [0.1, 0.15) is 30.1 Å². The van der Waals surface area contributed by atoms with Gasteiger partial charge in [-0.15, -0.1) is 0 Å². The van der Waals surface area contributed by atoms with Gasteiger partial charge in [-0.1, -0.05) is 0 Å². The summed E-state index contributed by atoms with van der Waals surface area (Å²) in [6.07, 6.45) is 2.04. The van der Waals surface area contributed by atoms with Crippen LogP contribution in [-0.4, -0.2) is 73.3 Å². The third-order valence-electron chi connectivity index (χ3n) is 5.11. The Kier molecular flexibility index (Phi) is 5.93. The Morgan fingerprint density at radius 3 is 2.26 bits per heavy atom. The van der Waals surface area contributed by atoms with E-state index in [9.17, 15) is 18.8 Å². The lowest BCUT2D eigenvalue weighted by atomic mass is 10.1. The molecule has 8 heteroatoms. The highest BCUT2D eigenvalue weighted by molar-refractivity contribution is 5.94. The van der Waals surface area contributed by atoms with Gasteiger partial charge in [-0.2, -0.15) is 0 Å². The highest BCUT2D eigenvalue weighted by Crippen LogP contribution is 2.22. The van der Waals surface area contributed by atoms with Crippen molar-refractivity contribution in [2.75, 3.05) is 50.7 Å². The first kappa shape index (κ1) is 19.1. The molecule has 2 fully saturated rings. The van der Waals surface area contributed by atoms with Crippen molar-refractivity contribution in [3.8, 4) is 0 Å². The Morgan fingerprint density at radius 2 is 1.67 bits per heavy atom. The van der Waals surface area contributed by atoms with Gasteiger partial charge in [0, 0.05) is 44.8 Å². The van der Waals surface area contributed by atoms with Crippen molar-refractivity contribution in [2.45, 2.75) is 19.8 Å². The first-order valence-corrected chi connectivity index (χ1v) is 9.31. The number of rotatable bonds is 4. The molecular weight excluding hydrogens is 351 g/mol. The minimum Gasteiger partial charge on any atom is -0.366 e. The van der Waals surface area contributed by atoms with Crippen LogP contribution in [0.15, 0.2) is 18.2 Å². The molecule has 7 nitrogen and oxygen atoms in total. The van der Waals surface area contributed by atoms with Crippen molar-refractivity contribution in [3.63, 3.8) is 0 Å². The zero-order valence-electron chi connectivity index (χ0n) is 15.5. The predicted octanol–water partition coefficient (Wildman–Crippen LogP) is 1.48. The Bertz CT molecular complexity index is 726. The number of carbonyl (C=O) groups excluding carboxylic acids is 3. The lowest BCUT2D eigenvalue weighted by Crippen LogP contribution is -2.53. The van der Waals surface area contributed by atoms with E-state index in [1.165, 1.54) is 13.0 Å². The monoisotopic (exact) mass is 376 g/mol. The molecule has 0 saturated carbocycles. The van der Waals surface area contributed by atoms with Crippen LogP contribution in [0.5, 0.6) is 0 Å². The van der Waals surface area contributed by atoms with Crippen LogP contribution in [-0.2, 0) is 4.79 Å². The number of hydrogen-bond acceptors (Lipinski definition) is 4. The number of hydrogen-bond donors (Lipinski definition) is 1. The highest BCUT2D eigenvalue weighted by Gasteiger charge is 2.24. The molecule has 0 aromatic heterocycles. The molecule has 2 saturated heterocycles. The average molecular weight is 376 g/mol. The summed E-state index contributed by atoms with van der Waals surface area (Å²) in [5.41, 5.74) is 0.779. The number of halogens is 1. The molecule has 3 rings (SSSR count). The summed E-state index contributed by atoms with van der Waals surface area (Å²) in [6, 6.07) is 4.20. The quantitative estimate of drug-likeness (QED) is 0.808. The summed E-state index contributed by atoms with van der Waals surface area (Å²) in [7, 11) is 0. The van der Waals surface area contributed by atoms with E-state index in [1.807, 2.05) is 4.90 Å². The number of nitrogens with zero attached hydrogens (tertiary/aromatic N) is 3. The van der Waals surface area contributed by atoms with Gasteiger partial charge < -0.3 is 20.0 Å². The standard InChI is InChI=1S/C19H25FN4O3/c1-14(25)15-4-5-17(16(20)12-15)22-8-10-24(11-9-22)19(27)21-13-18(26)23-6-2-3-7-23/h4-5,12H,2-3,6-11,13H2,1H3,(H,21,27). The highest BCUT2D eigenvalue weighted by atomic mass is 19.1. The zero-order chi connectivity index (χ0) is 19.4. The second-order valence-corrected chi connectivity index (χ2v) is 6.94. The molecular formula is C19H25FN4O3. The van der Waals surface area contributed by atoms with E-state index in [4.69, 9.17) is 0 Å². The van der Waals surface area contributed by atoms with Gasteiger partial charge in [-0.3, -0.25) is 9.59 Å². The summed E-state index contributed by atoms with van der Waals surface area (Å²) in [4.78, 5) is 40.9. The Labute approximate surface area is 158 Å². The molecule has 146 valence electrons. The van der Waals surface area contributed by atoms with Gasteiger partial charge >= 0.3 is 6.03 Å². The van der Waals surface area contributed by atoms with E-state index in [2.05, 4.69) is 5.32 Å². The third kappa shape index (κ3) is 4.56. The van der Waals surface area contributed by atoms with E-state index in [0.29, 0.717) is 37.4 Å². The van der Waals surface area contributed by atoms with Crippen molar-refractivity contribution in [2.24, 2.45) is 0 Å². The minimum absolute atomic E-state index is 0.0141. The fourth-order valence-corrected chi connectivity index (χ4v) is 3.47. The van der Waals surface area contributed by atoms with Gasteiger partial charge in [-0.05, 0) is 38.0 Å². The van der Waals surface area contributed by atoms with Gasteiger partial charge in [-0.25, -0.2) is 9.18 Å². The Morgan fingerprint density at radius 1 is 1.00 bits per heavy atom. The summed E-state index contributed by atoms with van der Waals surface area (Å²) in [5.74, 6) is -0.658. The van der Waals surface area contributed by atoms with Crippen LogP contribution in [0.2, 0.25) is 0 Å². The lowest BCUT2D eigenvalue weighted by Gasteiger charge is -2.36. The molecule has 1 aromatic carbocycles. The molecule has 1 N–H and O–H groups in total. The van der Waals surface area contributed by atoms with Gasteiger partial charge in [0.15, 0.2) is 5.78 Å². The summed E-state index contributed by atoms with van der Waals surface area (Å²) in [6.45, 7) is 4.81. The maximum absolute atomic E-state index is 14.3. The first-order valence-electron chi connectivity index (χ1n) is 9.31. The minimum atomic E-state index is -0.434. The molecule has 2 heterocycles. The normalized spacial score (nSPS) is 17.2. The van der Waals surface area contributed by atoms with Gasteiger partial charge in [0.25, 0.3) is 0 Å². The van der Waals surface area contributed by atoms with Crippen molar-refractivity contribution in [1.82, 2.24) is 15.1 Å². The third-order valence-corrected chi connectivity index (χ3v) is 5.11. The summed E-state index contributed by atoms with van der Waals surface area (Å²) < 4.78 is 14.3. The van der Waals surface area contributed by atoms with Crippen molar-refractivity contribution in [3.05, 3.63) is 29.6 Å². The van der Waals surface area contributed by atoms with Crippen LogP contribution in [0.25, 0.3) is 0 Å². The molecule has 0 bridgehead atoms. The van der Waals surface area contributed by atoms with E-state index in [1.54, 1.807) is 21.9 Å². The molecule has 2 aliphatic rings. The second kappa shape index (κ2) is 8.37. The second-order valence-electron chi connectivity index (χ2n) is 6.94. The smallest absolute Gasteiger partial charge is 0.317 e. The van der Waals surface area contributed by atoms with Crippen molar-refractivity contribution < 1.29 is 18.8 Å². The fourth-order valence-electron chi connectivity index (χ4n) is 3.47. The molecule has 27 heavy (non-hydrogen) atoms. The number of urea groups is 1. The fraction of sp³-hybridized carbons (Fsp3) is 0.526. The molecule has 0 atom stereocenters. The van der Waals surface area contributed by atoms with Gasteiger partial charge in [0.1, 0.15) is 5.82 Å². The number of anilines is 1. The summed E-state index contributed by atoms with van der Waals surface area (Å²) >= 11 is 0. The number of amides is 3. The van der Waals surface area contributed by atoms with Gasteiger partial charge in [0.05, 0.1) is 12.2 Å². The van der Waals surface area contributed by atoms with Crippen LogP contribution < -0.4 is 10.2 Å². The topological polar surface area (TPSA) is 73.0 Å². The largest absolute Gasteiger partial charge is 0.366 e. The van der Waals surface area contributed by atoms with E-state index in [-0.39, 0.29) is 24.3 Å². The summed E-state index contributed by atoms with van der Waals surface area (Å²) in [5, 5.41) is 2.68. The van der Waals surface area contributed by atoms with Gasteiger partial charge in [0.2, 0.25) is 5.91 Å². The van der Waals surface area contributed by atoms with Crippen LogP contribution in [0.3, 0.4) is 0 Å². The predicted molar refractivity (Wildman–Crippen MR) is 99.4 cm³/mol. The number of benzene rings is 1. The van der Waals surface area contributed by atoms with Crippen LogP contribution in [0, 0.1) is 5.82 Å². The average Bonchev–Trinajstić information content (AvgIpc) is 3.21. The molecule has 2 aliphatic heterocycles.